The molecule has 8 nitrogen and oxygen atoms in total. The van der Waals surface area contributed by atoms with E-state index in [1.165, 1.54) is 16.9 Å². The molecule has 0 atom stereocenters. The van der Waals surface area contributed by atoms with E-state index in [0.717, 1.165) is 31.7 Å². The first-order valence-electron chi connectivity index (χ1n) is 9.97. The first-order chi connectivity index (χ1) is 14.4. The van der Waals surface area contributed by atoms with Crippen molar-refractivity contribution in [1.29, 1.82) is 0 Å². The Morgan fingerprint density at radius 3 is 2.67 bits per heavy atom. The minimum Gasteiger partial charge on any atom is -0.352 e. The van der Waals surface area contributed by atoms with E-state index >= 15 is 0 Å². The minimum atomic E-state index is -0.565. The quantitative estimate of drug-likeness (QED) is 0.673. The molecule has 0 radical (unpaired) electrons. The van der Waals surface area contributed by atoms with Crippen LogP contribution in [0.1, 0.15) is 47.4 Å². The van der Waals surface area contributed by atoms with E-state index in [1.807, 2.05) is 0 Å². The number of fused-ring (bicyclic) bond motifs is 1. The molecule has 0 saturated heterocycles. The van der Waals surface area contributed by atoms with Crippen molar-refractivity contribution in [3.63, 3.8) is 0 Å². The van der Waals surface area contributed by atoms with Crippen LogP contribution in [0.25, 0.3) is 11.0 Å². The lowest BCUT2D eigenvalue weighted by Crippen LogP contribution is -2.35. The van der Waals surface area contributed by atoms with E-state index < -0.39 is 11.7 Å². The molecule has 2 heterocycles. The molecule has 9 heteroatoms. The molecule has 1 aromatic carbocycles. The molecule has 1 aliphatic carbocycles. The summed E-state index contributed by atoms with van der Waals surface area (Å²) in [5, 5.41) is 9.81. The second kappa shape index (κ2) is 8.17. The average Bonchev–Trinajstić information content (AvgIpc) is 3.34. The number of aromatic nitrogens is 4. The Kier molecular flexibility index (Phi) is 5.43. The fourth-order valence-corrected chi connectivity index (χ4v) is 3.67. The molecular formula is C21H23FN6O2. The number of nitrogens with one attached hydrogen (secondary N) is 2. The third kappa shape index (κ3) is 4.29. The van der Waals surface area contributed by atoms with Crippen LogP contribution in [0.15, 0.2) is 24.5 Å². The largest absolute Gasteiger partial charge is 0.352 e. The second-order valence-electron chi connectivity index (χ2n) is 7.65. The summed E-state index contributed by atoms with van der Waals surface area (Å²) in [5.41, 5.74) is 2.50. The van der Waals surface area contributed by atoms with Crippen molar-refractivity contribution in [3.8, 4) is 0 Å². The third-order valence-corrected chi connectivity index (χ3v) is 5.31. The third-order valence-electron chi connectivity index (χ3n) is 5.31. The molecule has 156 valence electrons. The van der Waals surface area contributed by atoms with Crippen molar-refractivity contribution in [3.05, 3.63) is 47.3 Å². The lowest BCUT2D eigenvalue weighted by Gasteiger charge is -2.11. The molecule has 0 unspecified atom stereocenters. The van der Waals surface area contributed by atoms with Gasteiger partial charge >= 0.3 is 0 Å². The maximum atomic E-state index is 14.0. The molecule has 0 spiro atoms. The van der Waals surface area contributed by atoms with Crippen LogP contribution in [-0.2, 0) is 11.3 Å². The summed E-state index contributed by atoms with van der Waals surface area (Å²) in [6.45, 7) is 3.64. The monoisotopic (exact) mass is 410 g/mol. The number of hydrogen-bond acceptors (Lipinski definition) is 5. The molecule has 30 heavy (non-hydrogen) atoms. The van der Waals surface area contributed by atoms with Gasteiger partial charge in [-0.05, 0) is 32.8 Å². The van der Waals surface area contributed by atoms with Crippen molar-refractivity contribution in [2.45, 2.75) is 52.1 Å². The first kappa shape index (κ1) is 19.9. The smallest absolute Gasteiger partial charge is 0.258 e. The predicted molar refractivity (Wildman–Crippen MR) is 110 cm³/mol. The predicted octanol–water partition coefficient (Wildman–Crippen LogP) is 2.89. The van der Waals surface area contributed by atoms with E-state index in [2.05, 4.69) is 25.7 Å². The number of rotatable bonds is 5. The summed E-state index contributed by atoms with van der Waals surface area (Å²) < 4.78 is 15.5. The number of amides is 2. The Morgan fingerprint density at radius 1 is 1.17 bits per heavy atom. The highest BCUT2D eigenvalue weighted by Crippen LogP contribution is 2.21. The molecule has 3 aromatic rings. The lowest BCUT2D eigenvalue weighted by atomic mass is 10.1. The number of benzene rings is 1. The van der Waals surface area contributed by atoms with E-state index in [9.17, 15) is 14.0 Å². The molecule has 0 bridgehead atoms. The van der Waals surface area contributed by atoms with Crippen LogP contribution in [-0.4, -0.2) is 37.6 Å². The fraction of sp³-hybridized carbons (Fsp3) is 0.381. The Bertz CT molecular complexity index is 1120. The summed E-state index contributed by atoms with van der Waals surface area (Å²) in [6, 6.07) is 2.63. The van der Waals surface area contributed by atoms with Gasteiger partial charge in [0.05, 0.1) is 34.4 Å². The van der Waals surface area contributed by atoms with Gasteiger partial charge in [0.1, 0.15) is 17.9 Å². The number of hydrogen-bond donors (Lipinski definition) is 2. The number of aryl methyl sites for hydroxylation is 2. The molecular weight excluding hydrogens is 387 g/mol. The summed E-state index contributed by atoms with van der Waals surface area (Å²) in [5.74, 6) is -1.20. The topological polar surface area (TPSA) is 102 Å². The van der Waals surface area contributed by atoms with Crippen molar-refractivity contribution in [2.24, 2.45) is 0 Å². The van der Waals surface area contributed by atoms with Crippen molar-refractivity contribution >= 4 is 28.5 Å². The highest BCUT2D eigenvalue weighted by Gasteiger charge is 2.19. The number of carbonyl (C=O) groups excluding carboxylic acids is 2. The minimum absolute atomic E-state index is 0.0687. The van der Waals surface area contributed by atoms with Gasteiger partial charge in [-0.25, -0.2) is 14.4 Å². The molecule has 2 aromatic heterocycles. The zero-order valence-electron chi connectivity index (χ0n) is 16.9. The summed E-state index contributed by atoms with van der Waals surface area (Å²) in [6.07, 6.45) is 7.31. The second-order valence-corrected chi connectivity index (χ2v) is 7.65. The standard InChI is InChI=1S/C21H23FN6O2/c1-12-13(2)25-20-17(7-14(22)8-18(20)24-12)21(30)27-16-9-23-28(10-16)11-19(29)26-15-5-3-4-6-15/h7-10,15H,3-6,11H2,1-2H3,(H,26,29)(H,27,30). The van der Waals surface area contributed by atoms with Gasteiger partial charge in [-0.1, -0.05) is 12.8 Å². The summed E-state index contributed by atoms with van der Waals surface area (Å²) >= 11 is 0. The molecule has 1 saturated carbocycles. The zero-order valence-corrected chi connectivity index (χ0v) is 16.9. The van der Waals surface area contributed by atoms with Crippen LogP contribution in [0.4, 0.5) is 10.1 Å². The van der Waals surface area contributed by atoms with Crippen molar-refractivity contribution in [1.82, 2.24) is 25.1 Å². The fourth-order valence-electron chi connectivity index (χ4n) is 3.67. The zero-order chi connectivity index (χ0) is 21.3. The van der Waals surface area contributed by atoms with Gasteiger partial charge in [-0.15, -0.1) is 0 Å². The Morgan fingerprint density at radius 2 is 1.90 bits per heavy atom. The van der Waals surface area contributed by atoms with Gasteiger partial charge in [0, 0.05) is 18.3 Å². The van der Waals surface area contributed by atoms with Gasteiger partial charge in [0.25, 0.3) is 5.91 Å². The van der Waals surface area contributed by atoms with Gasteiger partial charge in [0.15, 0.2) is 0 Å². The molecule has 2 amide bonds. The van der Waals surface area contributed by atoms with E-state index in [-0.39, 0.29) is 24.1 Å². The van der Waals surface area contributed by atoms with Crippen LogP contribution < -0.4 is 10.6 Å². The molecule has 1 aliphatic rings. The Labute approximate surface area is 172 Å². The van der Waals surface area contributed by atoms with Crippen LogP contribution in [0, 0.1) is 19.7 Å². The van der Waals surface area contributed by atoms with Crippen LogP contribution in [0.5, 0.6) is 0 Å². The average molecular weight is 410 g/mol. The van der Waals surface area contributed by atoms with E-state index in [4.69, 9.17) is 0 Å². The van der Waals surface area contributed by atoms with Crippen LogP contribution in [0.2, 0.25) is 0 Å². The number of anilines is 1. The number of carbonyl (C=O) groups is 2. The van der Waals surface area contributed by atoms with Gasteiger partial charge in [-0.2, -0.15) is 5.10 Å². The molecule has 1 fully saturated rings. The van der Waals surface area contributed by atoms with Gasteiger partial charge in [0.2, 0.25) is 5.91 Å². The Hall–Kier alpha value is -3.36. The first-order valence-corrected chi connectivity index (χ1v) is 9.97. The highest BCUT2D eigenvalue weighted by atomic mass is 19.1. The molecule has 2 N–H and O–H groups in total. The number of halogens is 1. The molecule has 0 aliphatic heterocycles. The van der Waals surface area contributed by atoms with Crippen molar-refractivity contribution < 1.29 is 14.0 Å². The summed E-state index contributed by atoms with van der Waals surface area (Å²) in [7, 11) is 0. The molecule has 4 rings (SSSR count). The normalized spacial score (nSPS) is 14.2. The van der Waals surface area contributed by atoms with Crippen LogP contribution >= 0.6 is 0 Å². The highest BCUT2D eigenvalue weighted by molar-refractivity contribution is 6.11. The maximum absolute atomic E-state index is 14.0. The maximum Gasteiger partial charge on any atom is 0.258 e. The van der Waals surface area contributed by atoms with Crippen LogP contribution in [0.3, 0.4) is 0 Å². The van der Waals surface area contributed by atoms with Gasteiger partial charge < -0.3 is 10.6 Å². The SMILES string of the molecule is Cc1nc2cc(F)cc(C(=O)Nc3cnn(CC(=O)NC4CCCC4)c3)c2nc1C. The number of nitrogens with zero attached hydrogens (tertiary/aromatic N) is 4. The lowest BCUT2D eigenvalue weighted by molar-refractivity contribution is -0.122. The van der Waals surface area contributed by atoms with E-state index in [0.29, 0.717) is 28.1 Å². The Balaban J connectivity index is 1.48. The van der Waals surface area contributed by atoms with Crippen molar-refractivity contribution in [2.75, 3.05) is 5.32 Å². The van der Waals surface area contributed by atoms with Gasteiger partial charge in [-0.3, -0.25) is 14.3 Å². The van der Waals surface area contributed by atoms with E-state index in [1.54, 1.807) is 20.0 Å². The summed E-state index contributed by atoms with van der Waals surface area (Å²) in [4.78, 5) is 33.7.